The molecule has 2 fully saturated rings. The van der Waals surface area contributed by atoms with Gasteiger partial charge in [0.1, 0.15) is 5.78 Å². The van der Waals surface area contributed by atoms with Crippen molar-refractivity contribution in [2.24, 2.45) is 23.2 Å². The van der Waals surface area contributed by atoms with E-state index >= 15 is 0 Å². The molecule has 0 amide bonds. The van der Waals surface area contributed by atoms with E-state index in [9.17, 15) is 9.59 Å². The van der Waals surface area contributed by atoms with E-state index in [0.717, 1.165) is 32.1 Å². The van der Waals surface area contributed by atoms with E-state index < -0.39 is 13.9 Å². The SMILES string of the molecule is COC(=O)[C@@](C)(CCC[C@@H](C)[C@H]1CCC2C(=O)CCC[C@@]21C)O[Si](C)(C)C(C)(C)C. The van der Waals surface area contributed by atoms with E-state index in [1.165, 1.54) is 20.0 Å². The summed E-state index contributed by atoms with van der Waals surface area (Å²) < 4.78 is 11.7. The smallest absolute Gasteiger partial charge is 0.336 e. The first kappa shape index (κ1) is 25.6. The monoisotopic (exact) mass is 438 g/mol. The highest BCUT2D eigenvalue weighted by atomic mass is 28.4. The fraction of sp³-hybridized carbons (Fsp3) is 0.920. The van der Waals surface area contributed by atoms with Gasteiger partial charge >= 0.3 is 5.97 Å². The maximum atomic E-state index is 12.7. The molecule has 0 bridgehead atoms. The Balaban J connectivity index is 2.03. The molecule has 2 aliphatic rings. The summed E-state index contributed by atoms with van der Waals surface area (Å²) in [5.41, 5.74) is -0.710. The lowest BCUT2D eigenvalue weighted by Gasteiger charge is -2.43. The van der Waals surface area contributed by atoms with Gasteiger partial charge in [-0.3, -0.25) is 4.79 Å². The highest BCUT2D eigenvalue weighted by molar-refractivity contribution is 6.74. The summed E-state index contributed by atoms with van der Waals surface area (Å²) in [6.45, 7) is 17.6. The van der Waals surface area contributed by atoms with Gasteiger partial charge in [-0.25, -0.2) is 4.79 Å². The lowest BCUT2D eigenvalue weighted by molar-refractivity contribution is -0.159. The predicted octanol–water partition coefficient (Wildman–Crippen LogP) is 6.53. The topological polar surface area (TPSA) is 52.6 Å². The lowest BCUT2D eigenvalue weighted by atomic mass is 9.62. The molecule has 2 saturated carbocycles. The zero-order valence-electron chi connectivity index (χ0n) is 21.0. The summed E-state index contributed by atoms with van der Waals surface area (Å²) in [6.07, 6.45) is 7.94. The molecule has 0 N–H and O–H groups in total. The fourth-order valence-electron chi connectivity index (χ4n) is 5.99. The molecule has 0 saturated heterocycles. The highest BCUT2D eigenvalue weighted by Crippen LogP contribution is 2.57. The van der Waals surface area contributed by atoms with Crippen molar-refractivity contribution in [3.63, 3.8) is 0 Å². The standard InChI is InChI=1S/C25H46O4Si/c1-18(19-14-15-20-21(26)13-11-16-24(19,20)5)12-10-17-25(6,22(27)28-7)29-30(8,9)23(2,3)4/h18-20H,10-17H2,1-9H3/t18-,19-,20?,24-,25-/m1/s1. The maximum Gasteiger partial charge on any atom is 0.336 e. The van der Waals surface area contributed by atoms with Crippen LogP contribution in [-0.2, 0) is 18.8 Å². The van der Waals surface area contributed by atoms with Crippen LogP contribution in [0.4, 0.5) is 0 Å². The van der Waals surface area contributed by atoms with Crippen molar-refractivity contribution < 1.29 is 18.8 Å². The molecule has 0 radical (unpaired) electrons. The molecule has 0 aromatic rings. The van der Waals surface area contributed by atoms with Crippen LogP contribution in [0.25, 0.3) is 0 Å². The van der Waals surface area contributed by atoms with Crippen LogP contribution < -0.4 is 0 Å². The van der Waals surface area contributed by atoms with E-state index in [0.29, 0.717) is 24.0 Å². The molecule has 2 rings (SSSR count). The van der Waals surface area contributed by atoms with Crippen LogP contribution in [0.3, 0.4) is 0 Å². The van der Waals surface area contributed by atoms with Crippen molar-refractivity contribution in [3.8, 4) is 0 Å². The zero-order chi connectivity index (χ0) is 23.0. The van der Waals surface area contributed by atoms with Crippen molar-refractivity contribution in [2.75, 3.05) is 7.11 Å². The van der Waals surface area contributed by atoms with Gasteiger partial charge in [0.25, 0.3) is 0 Å². The Morgan fingerprint density at radius 2 is 1.87 bits per heavy atom. The van der Waals surface area contributed by atoms with Gasteiger partial charge in [0.15, 0.2) is 13.9 Å². The van der Waals surface area contributed by atoms with Gasteiger partial charge in [-0.2, -0.15) is 0 Å². The molecule has 4 nitrogen and oxygen atoms in total. The Bertz CT molecular complexity index is 638. The van der Waals surface area contributed by atoms with Crippen LogP contribution in [0.2, 0.25) is 18.1 Å². The molecular formula is C25H46O4Si. The molecule has 1 unspecified atom stereocenters. The minimum absolute atomic E-state index is 0.0382. The third-order valence-corrected chi connectivity index (χ3v) is 13.4. The van der Waals surface area contributed by atoms with Crippen molar-refractivity contribution >= 4 is 20.1 Å². The minimum atomic E-state index is -2.10. The van der Waals surface area contributed by atoms with E-state index in [1.54, 1.807) is 0 Å². The second-order valence-electron chi connectivity index (χ2n) is 12.0. The molecule has 0 spiro atoms. The summed E-state index contributed by atoms with van der Waals surface area (Å²) in [6, 6.07) is 0. The Labute approximate surface area is 186 Å². The van der Waals surface area contributed by atoms with E-state index in [-0.39, 0.29) is 22.3 Å². The Morgan fingerprint density at radius 1 is 1.23 bits per heavy atom. The number of hydrogen-bond acceptors (Lipinski definition) is 4. The first-order chi connectivity index (χ1) is 13.7. The average Bonchev–Trinajstić information content (AvgIpc) is 2.98. The summed E-state index contributed by atoms with van der Waals surface area (Å²) in [7, 11) is -0.647. The van der Waals surface area contributed by atoms with E-state index in [2.05, 4.69) is 47.7 Å². The lowest BCUT2D eigenvalue weighted by Crippen LogP contribution is -2.52. The van der Waals surface area contributed by atoms with Crippen LogP contribution in [-0.4, -0.2) is 32.8 Å². The third kappa shape index (κ3) is 5.03. The summed E-state index contributed by atoms with van der Waals surface area (Å²) in [4.78, 5) is 25.1. The van der Waals surface area contributed by atoms with Crippen LogP contribution in [0.1, 0.15) is 92.9 Å². The molecule has 2 aliphatic carbocycles. The largest absolute Gasteiger partial charge is 0.467 e. The second-order valence-corrected chi connectivity index (χ2v) is 16.7. The number of carbonyl (C=O) groups excluding carboxylic acids is 2. The Kier molecular flexibility index (Phi) is 7.72. The van der Waals surface area contributed by atoms with Gasteiger partial charge in [0.2, 0.25) is 0 Å². The highest BCUT2D eigenvalue weighted by Gasteiger charge is 2.52. The van der Waals surface area contributed by atoms with Crippen LogP contribution in [0, 0.1) is 23.2 Å². The minimum Gasteiger partial charge on any atom is -0.467 e. The molecule has 0 aliphatic heterocycles. The summed E-state index contributed by atoms with van der Waals surface area (Å²) >= 11 is 0. The number of fused-ring (bicyclic) bond motifs is 1. The van der Waals surface area contributed by atoms with Crippen molar-refractivity contribution in [2.45, 2.75) is 117 Å². The molecule has 5 heteroatoms. The van der Waals surface area contributed by atoms with E-state index in [1.807, 2.05) is 6.92 Å². The van der Waals surface area contributed by atoms with Crippen LogP contribution in [0.5, 0.6) is 0 Å². The number of ether oxygens (including phenoxy) is 1. The first-order valence-electron chi connectivity index (χ1n) is 12.0. The molecule has 0 aromatic heterocycles. The summed E-state index contributed by atoms with van der Waals surface area (Å²) in [5, 5.41) is 0.0382. The first-order valence-corrected chi connectivity index (χ1v) is 14.9. The number of rotatable bonds is 8. The number of hydrogen-bond donors (Lipinski definition) is 0. The van der Waals surface area contributed by atoms with Crippen molar-refractivity contribution in [1.82, 2.24) is 0 Å². The van der Waals surface area contributed by atoms with Crippen LogP contribution >= 0.6 is 0 Å². The van der Waals surface area contributed by atoms with Crippen LogP contribution in [0.15, 0.2) is 0 Å². The molecule has 30 heavy (non-hydrogen) atoms. The number of carbonyl (C=O) groups is 2. The molecule has 5 atom stereocenters. The predicted molar refractivity (Wildman–Crippen MR) is 125 cm³/mol. The second kappa shape index (κ2) is 9.05. The number of methoxy groups -OCH3 is 1. The quantitative estimate of drug-likeness (QED) is 0.319. The maximum absolute atomic E-state index is 12.7. The van der Waals surface area contributed by atoms with Crippen molar-refractivity contribution in [1.29, 1.82) is 0 Å². The fourth-order valence-corrected chi connectivity index (χ4v) is 7.61. The normalized spacial score (nSPS) is 30.5. The number of Topliss-reactive ketones (excluding diaryl/α,β-unsaturated/α-hetero) is 1. The average molecular weight is 439 g/mol. The number of esters is 1. The summed E-state index contributed by atoms with van der Waals surface area (Å²) in [5.74, 6) is 1.68. The van der Waals surface area contributed by atoms with Gasteiger partial charge in [0, 0.05) is 12.3 Å². The molecular weight excluding hydrogens is 392 g/mol. The Morgan fingerprint density at radius 3 is 2.43 bits per heavy atom. The van der Waals surface area contributed by atoms with E-state index in [4.69, 9.17) is 9.16 Å². The third-order valence-electron chi connectivity index (χ3n) is 8.84. The molecule has 174 valence electrons. The van der Waals surface area contributed by atoms with Gasteiger partial charge in [-0.05, 0) is 80.8 Å². The van der Waals surface area contributed by atoms with Gasteiger partial charge in [-0.15, -0.1) is 0 Å². The van der Waals surface area contributed by atoms with Gasteiger partial charge in [-0.1, -0.05) is 41.0 Å². The van der Waals surface area contributed by atoms with Crippen molar-refractivity contribution in [3.05, 3.63) is 0 Å². The molecule has 0 heterocycles. The zero-order valence-corrected chi connectivity index (χ0v) is 22.0. The number of ketones is 1. The van der Waals surface area contributed by atoms with Gasteiger partial charge in [0.05, 0.1) is 7.11 Å². The Hall–Kier alpha value is -0.683. The molecule has 0 aromatic carbocycles. The van der Waals surface area contributed by atoms with Gasteiger partial charge < -0.3 is 9.16 Å².